The van der Waals surface area contributed by atoms with E-state index in [-0.39, 0.29) is 12.0 Å². The Morgan fingerprint density at radius 3 is 2.72 bits per heavy atom. The Labute approximate surface area is 108 Å². The summed E-state index contributed by atoms with van der Waals surface area (Å²) in [5.74, 6) is 1.51. The first-order valence-corrected chi connectivity index (χ1v) is 7.45. The van der Waals surface area contributed by atoms with Crippen molar-refractivity contribution < 1.29 is 9.90 Å². The second kappa shape index (κ2) is 3.94. The third-order valence-electron chi connectivity index (χ3n) is 5.75. The molecule has 18 heavy (non-hydrogen) atoms. The molecule has 4 fully saturated rings. The van der Waals surface area contributed by atoms with Gasteiger partial charge in [-0.2, -0.15) is 0 Å². The quantitative estimate of drug-likeness (QED) is 0.706. The van der Waals surface area contributed by atoms with Gasteiger partial charge in [0, 0.05) is 31.1 Å². The van der Waals surface area contributed by atoms with Gasteiger partial charge in [0.15, 0.2) is 0 Å². The Morgan fingerprint density at radius 2 is 2.06 bits per heavy atom. The molecule has 3 aliphatic heterocycles. The molecule has 0 spiro atoms. The van der Waals surface area contributed by atoms with Gasteiger partial charge in [0.2, 0.25) is 5.91 Å². The van der Waals surface area contributed by atoms with Crippen LogP contribution in [0.1, 0.15) is 32.1 Å². The first kappa shape index (κ1) is 11.2. The first-order valence-electron chi connectivity index (χ1n) is 7.45. The molecule has 4 aliphatic rings. The number of nitrogens with one attached hydrogen (secondary N) is 1. The lowest BCUT2D eigenvalue weighted by Crippen LogP contribution is -2.40. The fourth-order valence-electron chi connectivity index (χ4n) is 4.75. The third-order valence-corrected chi connectivity index (χ3v) is 5.75. The van der Waals surface area contributed by atoms with E-state index in [9.17, 15) is 9.90 Å². The van der Waals surface area contributed by atoms with Crippen molar-refractivity contribution in [2.24, 2.45) is 17.8 Å². The average molecular weight is 250 g/mol. The zero-order chi connectivity index (χ0) is 12.3. The number of nitrogens with zero attached hydrogens (tertiary/aromatic N) is 1. The number of amides is 1. The predicted octanol–water partition coefficient (Wildman–Crippen LogP) is 0.356. The number of carbonyl (C=O) groups excluding carboxylic acids is 1. The summed E-state index contributed by atoms with van der Waals surface area (Å²) >= 11 is 0. The zero-order valence-corrected chi connectivity index (χ0v) is 10.7. The van der Waals surface area contributed by atoms with E-state index in [4.69, 9.17) is 0 Å². The van der Waals surface area contributed by atoms with Crippen LogP contribution in [0.2, 0.25) is 0 Å². The number of likely N-dealkylation sites (tertiary alicyclic amines) is 1. The largest absolute Gasteiger partial charge is 0.393 e. The highest BCUT2D eigenvalue weighted by molar-refractivity contribution is 5.80. The van der Waals surface area contributed by atoms with E-state index < -0.39 is 0 Å². The lowest BCUT2D eigenvalue weighted by atomic mass is 9.88. The molecule has 1 amide bonds. The fraction of sp³-hybridized carbons (Fsp3) is 0.929. The van der Waals surface area contributed by atoms with Crippen LogP contribution in [0.25, 0.3) is 0 Å². The molecule has 4 nitrogen and oxygen atoms in total. The van der Waals surface area contributed by atoms with Crippen LogP contribution in [0, 0.1) is 17.8 Å². The molecule has 2 N–H and O–H groups in total. The van der Waals surface area contributed by atoms with Crippen LogP contribution in [-0.4, -0.2) is 47.2 Å². The smallest absolute Gasteiger partial charge is 0.227 e. The molecule has 3 saturated heterocycles. The summed E-state index contributed by atoms with van der Waals surface area (Å²) in [5, 5.41) is 13.5. The molecule has 0 aromatic rings. The molecular weight excluding hydrogens is 228 g/mol. The first-order chi connectivity index (χ1) is 8.72. The Morgan fingerprint density at radius 1 is 1.17 bits per heavy atom. The molecule has 6 unspecified atom stereocenters. The molecule has 2 bridgehead atoms. The van der Waals surface area contributed by atoms with Gasteiger partial charge in [-0.15, -0.1) is 0 Å². The predicted molar refractivity (Wildman–Crippen MR) is 66.9 cm³/mol. The third kappa shape index (κ3) is 1.55. The number of fused-ring (bicyclic) bond motifs is 3. The molecule has 4 rings (SSSR count). The molecule has 100 valence electrons. The van der Waals surface area contributed by atoms with Crippen molar-refractivity contribution in [2.45, 2.75) is 50.3 Å². The van der Waals surface area contributed by atoms with Gasteiger partial charge in [0.1, 0.15) is 0 Å². The van der Waals surface area contributed by atoms with Crippen LogP contribution in [0.15, 0.2) is 0 Å². The maximum Gasteiger partial charge on any atom is 0.227 e. The van der Waals surface area contributed by atoms with Gasteiger partial charge in [0.05, 0.1) is 12.0 Å². The van der Waals surface area contributed by atoms with E-state index in [2.05, 4.69) is 5.32 Å². The summed E-state index contributed by atoms with van der Waals surface area (Å²) in [4.78, 5) is 14.6. The molecule has 6 atom stereocenters. The van der Waals surface area contributed by atoms with Gasteiger partial charge in [-0.25, -0.2) is 0 Å². The summed E-state index contributed by atoms with van der Waals surface area (Å²) in [6.07, 6.45) is 5.34. The van der Waals surface area contributed by atoms with E-state index in [0.29, 0.717) is 29.8 Å². The summed E-state index contributed by atoms with van der Waals surface area (Å²) in [6.45, 7) is 1.70. The summed E-state index contributed by atoms with van der Waals surface area (Å²) < 4.78 is 0. The number of hydrogen-bond acceptors (Lipinski definition) is 3. The molecule has 0 radical (unpaired) electrons. The Hall–Kier alpha value is -0.610. The minimum atomic E-state index is -0.161. The van der Waals surface area contributed by atoms with Gasteiger partial charge in [-0.05, 0) is 38.0 Å². The average Bonchev–Trinajstić information content (AvgIpc) is 3.09. The number of hydrogen-bond donors (Lipinski definition) is 2. The topological polar surface area (TPSA) is 52.6 Å². The highest BCUT2D eigenvalue weighted by Gasteiger charge is 2.48. The van der Waals surface area contributed by atoms with E-state index >= 15 is 0 Å². The van der Waals surface area contributed by atoms with Crippen molar-refractivity contribution in [2.75, 3.05) is 13.1 Å². The van der Waals surface area contributed by atoms with Crippen molar-refractivity contribution in [1.29, 1.82) is 0 Å². The standard InChI is InChI=1S/C14H22N2O2/c17-13-4-1-8-6-16(7-11(8)13)14(18)10-5-9-2-3-12(10)15-9/h8-13,15,17H,1-7H2. The minimum absolute atomic E-state index is 0.161. The molecule has 1 aliphatic carbocycles. The van der Waals surface area contributed by atoms with E-state index in [1.807, 2.05) is 4.90 Å². The van der Waals surface area contributed by atoms with Crippen LogP contribution in [-0.2, 0) is 4.79 Å². The minimum Gasteiger partial charge on any atom is -0.393 e. The normalized spacial score (nSPS) is 49.9. The maximum absolute atomic E-state index is 12.6. The number of carbonyl (C=O) groups is 1. The summed E-state index contributed by atoms with van der Waals surface area (Å²) in [6, 6.07) is 1.03. The maximum atomic E-state index is 12.6. The van der Waals surface area contributed by atoms with Gasteiger partial charge in [-0.3, -0.25) is 4.79 Å². The molecule has 4 heteroatoms. The number of rotatable bonds is 1. The number of aliphatic hydroxyl groups is 1. The number of aliphatic hydroxyl groups excluding tert-OH is 1. The van der Waals surface area contributed by atoms with Gasteiger partial charge < -0.3 is 15.3 Å². The van der Waals surface area contributed by atoms with Gasteiger partial charge in [0.25, 0.3) is 0 Å². The molecule has 0 aromatic carbocycles. The lowest BCUT2D eigenvalue weighted by Gasteiger charge is -2.26. The molecule has 3 heterocycles. The van der Waals surface area contributed by atoms with Crippen LogP contribution in [0.3, 0.4) is 0 Å². The summed E-state index contributed by atoms with van der Waals surface area (Å²) in [7, 11) is 0. The Bertz CT molecular complexity index is 373. The van der Waals surface area contributed by atoms with Crippen molar-refractivity contribution >= 4 is 5.91 Å². The van der Waals surface area contributed by atoms with Crippen molar-refractivity contribution in [3.8, 4) is 0 Å². The monoisotopic (exact) mass is 250 g/mol. The Kier molecular flexibility index (Phi) is 2.46. The van der Waals surface area contributed by atoms with Gasteiger partial charge >= 0.3 is 0 Å². The zero-order valence-electron chi connectivity index (χ0n) is 10.7. The second-order valence-electron chi connectivity index (χ2n) is 6.70. The summed E-state index contributed by atoms with van der Waals surface area (Å²) in [5.41, 5.74) is 0. The van der Waals surface area contributed by atoms with Crippen LogP contribution in [0.4, 0.5) is 0 Å². The molecule has 0 aromatic heterocycles. The highest BCUT2D eigenvalue weighted by atomic mass is 16.3. The van der Waals surface area contributed by atoms with E-state index in [0.717, 1.165) is 32.4 Å². The van der Waals surface area contributed by atoms with Crippen molar-refractivity contribution in [1.82, 2.24) is 10.2 Å². The Balaban J connectivity index is 1.44. The lowest BCUT2D eigenvalue weighted by molar-refractivity contribution is -0.135. The SMILES string of the molecule is O=C(C1CC2CCC1N2)N1CC2CCC(O)C2C1. The second-order valence-corrected chi connectivity index (χ2v) is 6.70. The van der Waals surface area contributed by atoms with E-state index in [1.165, 1.54) is 12.8 Å². The molecule has 1 saturated carbocycles. The fourth-order valence-corrected chi connectivity index (χ4v) is 4.75. The van der Waals surface area contributed by atoms with Crippen molar-refractivity contribution in [3.05, 3.63) is 0 Å². The highest BCUT2D eigenvalue weighted by Crippen LogP contribution is 2.40. The molecular formula is C14H22N2O2. The van der Waals surface area contributed by atoms with Crippen LogP contribution < -0.4 is 5.32 Å². The van der Waals surface area contributed by atoms with Crippen LogP contribution in [0.5, 0.6) is 0 Å². The van der Waals surface area contributed by atoms with E-state index in [1.54, 1.807) is 0 Å². The van der Waals surface area contributed by atoms with Crippen molar-refractivity contribution in [3.63, 3.8) is 0 Å². The van der Waals surface area contributed by atoms with Gasteiger partial charge in [-0.1, -0.05) is 0 Å². The van der Waals surface area contributed by atoms with Crippen LogP contribution >= 0.6 is 0 Å².